The second-order valence-electron chi connectivity index (χ2n) is 2.53. The zero-order chi connectivity index (χ0) is 9.52. The first kappa shape index (κ1) is 9.74. The molecule has 2 rings (SSSR count). The van der Waals surface area contributed by atoms with Gasteiger partial charge in [-0.1, -0.05) is 18.2 Å². The highest BCUT2D eigenvalue weighted by molar-refractivity contribution is 7.07. The fourth-order valence-corrected chi connectivity index (χ4v) is 1.11. The van der Waals surface area contributed by atoms with E-state index in [-0.39, 0.29) is 0 Å². The smallest absolute Gasteiger partial charge is 0.0791 e. The van der Waals surface area contributed by atoms with Crippen LogP contribution in [0.1, 0.15) is 5.56 Å². The summed E-state index contributed by atoms with van der Waals surface area (Å²) in [6.45, 7) is 2.00. The highest BCUT2D eigenvalue weighted by atomic mass is 32.1. The Bertz CT molecular complexity index is 292. The Morgan fingerprint density at radius 3 is 2.38 bits per heavy atom. The Kier molecular flexibility index (Phi) is 3.99. The van der Waals surface area contributed by atoms with Gasteiger partial charge in [0.25, 0.3) is 0 Å². The van der Waals surface area contributed by atoms with Gasteiger partial charge in [-0.15, -0.1) is 11.3 Å². The SMILES string of the molecule is Cc1ccccc1N.c1cscn1. The van der Waals surface area contributed by atoms with Crippen molar-refractivity contribution in [2.75, 3.05) is 5.73 Å². The van der Waals surface area contributed by atoms with Gasteiger partial charge >= 0.3 is 0 Å². The number of nitrogens with zero attached hydrogens (tertiary/aromatic N) is 1. The van der Waals surface area contributed by atoms with Gasteiger partial charge in [0.1, 0.15) is 0 Å². The number of nitrogens with two attached hydrogens (primary N) is 1. The second kappa shape index (κ2) is 5.32. The summed E-state index contributed by atoms with van der Waals surface area (Å²) in [5, 5.41) is 1.93. The molecule has 0 aliphatic heterocycles. The maximum absolute atomic E-state index is 5.52. The zero-order valence-corrected chi connectivity index (χ0v) is 8.29. The second-order valence-corrected chi connectivity index (χ2v) is 3.29. The lowest BCUT2D eigenvalue weighted by molar-refractivity contribution is 1.43. The molecule has 0 aliphatic rings. The van der Waals surface area contributed by atoms with E-state index in [1.165, 1.54) is 0 Å². The van der Waals surface area contributed by atoms with Crippen LogP contribution in [0.5, 0.6) is 0 Å². The molecule has 2 N–H and O–H groups in total. The number of benzene rings is 1. The van der Waals surface area contributed by atoms with Crippen molar-refractivity contribution in [2.45, 2.75) is 6.92 Å². The normalized spacial score (nSPS) is 8.69. The summed E-state index contributed by atoms with van der Waals surface area (Å²) in [4.78, 5) is 3.74. The van der Waals surface area contributed by atoms with Crippen LogP contribution < -0.4 is 5.73 Å². The molecule has 1 aromatic carbocycles. The van der Waals surface area contributed by atoms with E-state index in [2.05, 4.69) is 4.98 Å². The molecule has 13 heavy (non-hydrogen) atoms. The summed E-state index contributed by atoms with van der Waals surface area (Å²) >= 11 is 1.60. The van der Waals surface area contributed by atoms with E-state index in [1.807, 2.05) is 36.6 Å². The molecule has 0 saturated carbocycles. The van der Waals surface area contributed by atoms with Crippen molar-refractivity contribution in [3.8, 4) is 0 Å². The molecule has 0 aliphatic carbocycles. The molecular weight excluding hydrogens is 180 g/mol. The summed E-state index contributed by atoms with van der Waals surface area (Å²) in [6, 6.07) is 7.80. The third kappa shape index (κ3) is 3.71. The van der Waals surface area contributed by atoms with Crippen LogP contribution in [0.25, 0.3) is 0 Å². The van der Waals surface area contributed by atoms with Gasteiger partial charge in [0, 0.05) is 17.3 Å². The Labute approximate surface area is 82.1 Å². The van der Waals surface area contributed by atoms with Crippen LogP contribution in [0.4, 0.5) is 5.69 Å². The molecule has 2 nitrogen and oxygen atoms in total. The lowest BCUT2D eigenvalue weighted by Crippen LogP contribution is -1.85. The molecule has 1 aromatic heterocycles. The Balaban J connectivity index is 0.000000145. The first-order valence-electron chi connectivity index (χ1n) is 3.94. The summed E-state index contributed by atoms with van der Waals surface area (Å²) in [7, 11) is 0. The highest BCUT2D eigenvalue weighted by Crippen LogP contribution is 2.06. The molecule has 68 valence electrons. The lowest BCUT2D eigenvalue weighted by Gasteiger charge is -1.93. The van der Waals surface area contributed by atoms with E-state index >= 15 is 0 Å². The van der Waals surface area contributed by atoms with Crippen molar-refractivity contribution < 1.29 is 0 Å². The summed E-state index contributed by atoms with van der Waals surface area (Å²) in [5.74, 6) is 0. The van der Waals surface area contributed by atoms with E-state index in [0.717, 1.165) is 11.3 Å². The number of thiazole rings is 1. The zero-order valence-electron chi connectivity index (χ0n) is 7.47. The molecule has 0 amide bonds. The molecule has 0 fully saturated rings. The first-order valence-corrected chi connectivity index (χ1v) is 4.88. The fourth-order valence-electron chi connectivity index (χ4n) is 0.762. The number of hydrogen-bond acceptors (Lipinski definition) is 3. The molecule has 0 radical (unpaired) electrons. The molecule has 1 heterocycles. The molecular formula is C10H12N2S. The molecule has 2 aromatic rings. The van der Waals surface area contributed by atoms with Crippen molar-refractivity contribution in [1.29, 1.82) is 0 Å². The number of anilines is 1. The van der Waals surface area contributed by atoms with E-state index < -0.39 is 0 Å². The van der Waals surface area contributed by atoms with E-state index in [1.54, 1.807) is 23.0 Å². The predicted octanol–water partition coefficient (Wildman–Crippen LogP) is 2.72. The Morgan fingerprint density at radius 1 is 1.31 bits per heavy atom. The average Bonchev–Trinajstić information content (AvgIpc) is 2.68. The van der Waals surface area contributed by atoms with Gasteiger partial charge in [0.2, 0.25) is 0 Å². The number of hydrogen-bond donors (Lipinski definition) is 1. The van der Waals surface area contributed by atoms with E-state index in [9.17, 15) is 0 Å². The van der Waals surface area contributed by atoms with E-state index in [0.29, 0.717) is 0 Å². The maximum atomic E-state index is 5.52. The summed E-state index contributed by atoms with van der Waals surface area (Å²) in [6.07, 6.45) is 1.77. The van der Waals surface area contributed by atoms with Gasteiger partial charge in [-0.05, 0) is 18.6 Å². The maximum Gasteiger partial charge on any atom is 0.0791 e. The van der Waals surface area contributed by atoms with Gasteiger partial charge in [-0.25, -0.2) is 0 Å². The fraction of sp³-hybridized carbons (Fsp3) is 0.100. The average molecular weight is 192 g/mol. The molecule has 0 unspecified atom stereocenters. The summed E-state index contributed by atoms with van der Waals surface area (Å²) < 4.78 is 0. The minimum Gasteiger partial charge on any atom is -0.399 e. The van der Waals surface area contributed by atoms with Gasteiger partial charge in [-0.3, -0.25) is 4.98 Å². The van der Waals surface area contributed by atoms with Crippen LogP contribution in [0.15, 0.2) is 41.4 Å². The van der Waals surface area contributed by atoms with Gasteiger partial charge in [0.05, 0.1) is 5.51 Å². The third-order valence-corrected chi connectivity index (χ3v) is 2.06. The third-order valence-electron chi connectivity index (χ3n) is 1.54. The Morgan fingerprint density at radius 2 is 2.08 bits per heavy atom. The van der Waals surface area contributed by atoms with Crippen molar-refractivity contribution in [3.63, 3.8) is 0 Å². The molecule has 0 atom stereocenters. The monoisotopic (exact) mass is 192 g/mol. The lowest BCUT2D eigenvalue weighted by atomic mass is 10.2. The standard InChI is InChI=1S/C7H9N.C3H3NS/c1-6-4-2-3-5-7(6)8;1-2-5-3-4-1/h2-5H,8H2,1H3;1-3H. The number of aryl methyl sites for hydroxylation is 1. The summed E-state index contributed by atoms with van der Waals surface area (Å²) in [5.41, 5.74) is 9.33. The van der Waals surface area contributed by atoms with Crippen molar-refractivity contribution in [2.24, 2.45) is 0 Å². The van der Waals surface area contributed by atoms with Crippen LogP contribution in [0.3, 0.4) is 0 Å². The minimum atomic E-state index is 0.868. The molecule has 3 heteroatoms. The van der Waals surface area contributed by atoms with Crippen molar-refractivity contribution >= 4 is 17.0 Å². The molecule has 0 bridgehead atoms. The van der Waals surface area contributed by atoms with Crippen molar-refractivity contribution in [1.82, 2.24) is 4.98 Å². The van der Waals surface area contributed by atoms with Gasteiger partial charge in [-0.2, -0.15) is 0 Å². The first-order chi connectivity index (χ1) is 6.30. The van der Waals surface area contributed by atoms with Gasteiger partial charge in [0.15, 0.2) is 0 Å². The van der Waals surface area contributed by atoms with E-state index in [4.69, 9.17) is 5.73 Å². The largest absolute Gasteiger partial charge is 0.399 e. The quantitative estimate of drug-likeness (QED) is 0.652. The number of para-hydroxylation sites is 1. The number of nitrogen functional groups attached to an aromatic ring is 1. The Hall–Kier alpha value is -1.35. The van der Waals surface area contributed by atoms with Crippen LogP contribution in [-0.2, 0) is 0 Å². The minimum absolute atomic E-state index is 0.868. The number of aromatic nitrogens is 1. The highest BCUT2D eigenvalue weighted by Gasteiger charge is 1.84. The van der Waals surface area contributed by atoms with Crippen LogP contribution >= 0.6 is 11.3 Å². The predicted molar refractivity (Wildman–Crippen MR) is 57.7 cm³/mol. The van der Waals surface area contributed by atoms with Crippen molar-refractivity contribution in [3.05, 3.63) is 46.9 Å². The van der Waals surface area contributed by atoms with Gasteiger partial charge < -0.3 is 5.73 Å². The molecule has 0 saturated heterocycles. The topological polar surface area (TPSA) is 38.9 Å². The number of rotatable bonds is 0. The van der Waals surface area contributed by atoms with Crippen LogP contribution in [-0.4, -0.2) is 4.98 Å². The van der Waals surface area contributed by atoms with Crippen LogP contribution in [0.2, 0.25) is 0 Å². The molecule has 0 spiro atoms. The van der Waals surface area contributed by atoms with Crippen LogP contribution in [0, 0.1) is 6.92 Å².